The predicted octanol–water partition coefficient (Wildman–Crippen LogP) is 3.98. The van der Waals surface area contributed by atoms with Crippen LogP contribution in [-0.2, 0) is 16.0 Å². The Labute approximate surface area is 125 Å². The van der Waals surface area contributed by atoms with Crippen LogP contribution in [0, 0.1) is 5.92 Å². The summed E-state index contributed by atoms with van der Waals surface area (Å²) in [6.45, 7) is 0. The largest absolute Gasteiger partial charge is 0.452 e. The minimum Gasteiger partial charge on any atom is -0.452 e. The number of hydrogen-bond acceptors (Lipinski definition) is 2. The quantitative estimate of drug-likeness (QED) is 0.849. The molecule has 118 valence electrons. The van der Waals surface area contributed by atoms with E-state index in [1.54, 1.807) is 6.20 Å². The van der Waals surface area contributed by atoms with Gasteiger partial charge in [-0.1, -0.05) is 18.2 Å². The molecule has 2 aromatic rings. The monoisotopic (exact) mass is 311 g/mol. The average Bonchev–Trinajstić information content (AvgIpc) is 3.21. The highest BCUT2D eigenvalue weighted by molar-refractivity contribution is 5.83. The van der Waals surface area contributed by atoms with Gasteiger partial charge in [0.25, 0.3) is 0 Å². The zero-order valence-electron chi connectivity index (χ0n) is 11.8. The number of aryl methyl sites for hydroxylation is 1. The van der Waals surface area contributed by atoms with Crippen LogP contribution in [0.2, 0.25) is 0 Å². The van der Waals surface area contributed by atoms with Crippen LogP contribution in [-0.4, -0.2) is 23.2 Å². The summed E-state index contributed by atoms with van der Waals surface area (Å²) in [6.07, 6.45) is -3.39. The van der Waals surface area contributed by atoms with Crippen molar-refractivity contribution >= 4 is 16.9 Å². The van der Waals surface area contributed by atoms with E-state index in [9.17, 15) is 18.0 Å². The molecule has 1 heterocycles. The number of ether oxygens (including phenoxy) is 1. The zero-order chi connectivity index (χ0) is 15.7. The third-order valence-corrected chi connectivity index (χ3v) is 3.90. The normalized spacial score (nSPS) is 16.7. The first-order chi connectivity index (χ1) is 10.4. The Morgan fingerprint density at radius 1 is 1.32 bits per heavy atom. The maximum atomic E-state index is 12.8. The lowest BCUT2D eigenvalue weighted by Crippen LogP contribution is -2.35. The van der Waals surface area contributed by atoms with Crippen molar-refractivity contribution in [2.24, 2.45) is 5.92 Å². The Morgan fingerprint density at radius 3 is 2.73 bits per heavy atom. The number of carbonyl (C=O) groups excluding carboxylic acids is 1. The van der Waals surface area contributed by atoms with Gasteiger partial charge in [0.1, 0.15) is 0 Å². The number of alkyl halides is 3. The molecule has 0 amide bonds. The van der Waals surface area contributed by atoms with Crippen LogP contribution in [0.25, 0.3) is 10.9 Å². The Morgan fingerprint density at radius 2 is 2.05 bits per heavy atom. The minimum atomic E-state index is -4.47. The van der Waals surface area contributed by atoms with Crippen molar-refractivity contribution < 1.29 is 22.7 Å². The maximum absolute atomic E-state index is 12.8. The number of H-pyrrole nitrogens is 1. The summed E-state index contributed by atoms with van der Waals surface area (Å²) >= 11 is 0. The zero-order valence-corrected chi connectivity index (χ0v) is 11.8. The van der Waals surface area contributed by atoms with Gasteiger partial charge in [0.05, 0.1) is 0 Å². The summed E-state index contributed by atoms with van der Waals surface area (Å²) in [5.74, 6) is -1.35. The fourth-order valence-corrected chi connectivity index (χ4v) is 2.60. The number of esters is 1. The molecule has 0 aliphatic heterocycles. The molecule has 1 aromatic carbocycles. The first-order valence-corrected chi connectivity index (χ1v) is 7.26. The van der Waals surface area contributed by atoms with E-state index in [-0.39, 0.29) is 6.42 Å². The highest BCUT2D eigenvalue weighted by Crippen LogP contribution is 2.42. The Kier molecular flexibility index (Phi) is 3.85. The number of carbonyl (C=O) groups is 1. The van der Waals surface area contributed by atoms with E-state index < -0.39 is 24.2 Å². The molecule has 1 fully saturated rings. The molecule has 1 atom stereocenters. The molecule has 0 saturated heterocycles. The molecule has 1 unspecified atom stereocenters. The van der Waals surface area contributed by atoms with Crippen LogP contribution in [0.5, 0.6) is 0 Å². The topological polar surface area (TPSA) is 42.1 Å². The van der Waals surface area contributed by atoms with Crippen LogP contribution in [0.1, 0.15) is 24.8 Å². The lowest BCUT2D eigenvalue weighted by molar-refractivity contribution is -0.226. The fraction of sp³-hybridized carbons (Fsp3) is 0.438. The number of hydrogen-bond donors (Lipinski definition) is 1. The highest BCUT2D eigenvalue weighted by atomic mass is 19.4. The van der Waals surface area contributed by atoms with Crippen molar-refractivity contribution in [2.45, 2.75) is 38.0 Å². The van der Waals surface area contributed by atoms with Gasteiger partial charge in [0.2, 0.25) is 0 Å². The molecule has 6 heteroatoms. The van der Waals surface area contributed by atoms with Crippen molar-refractivity contribution in [2.75, 3.05) is 0 Å². The van der Waals surface area contributed by atoms with Crippen LogP contribution < -0.4 is 0 Å². The summed E-state index contributed by atoms with van der Waals surface area (Å²) in [5, 5.41) is 0.977. The highest BCUT2D eigenvalue weighted by Gasteiger charge is 2.51. The Hall–Kier alpha value is -1.98. The minimum absolute atomic E-state index is 0.0544. The van der Waals surface area contributed by atoms with Gasteiger partial charge in [-0.05, 0) is 30.9 Å². The lowest BCUT2D eigenvalue weighted by atomic mass is 10.1. The fourth-order valence-electron chi connectivity index (χ4n) is 2.60. The van der Waals surface area contributed by atoms with E-state index >= 15 is 0 Å². The summed E-state index contributed by atoms with van der Waals surface area (Å²) in [6, 6.07) is 7.59. The molecular formula is C16H16F3NO2. The van der Waals surface area contributed by atoms with Gasteiger partial charge in [0, 0.05) is 29.4 Å². The summed E-state index contributed by atoms with van der Waals surface area (Å²) < 4.78 is 43.1. The molecule has 3 nitrogen and oxygen atoms in total. The van der Waals surface area contributed by atoms with E-state index in [1.165, 1.54) is 0 Å². The molecule has 3 rings (SSSR count). The molecule has 1 saturated carbocycles. The second kappa shape index (κ2) is 5.66. The average molecular weight is 311 g/mol. The number of nitrogens with one attached hydrogen (secondary N) is 1. The first-order valence-electron chi connectivity index (χ1n) is 7.26. The van der Waals surface area contributed by atoms with E-state index in [0.29, 0.717) is 19.3 Å². The van der Waals surface area contributed by atoms with Crippen LogP contribution in [0.3, 0.4) is 0 Å². The lowest BCUT2D eigenvalue weighted by Gasteiger charge is -2.20. The number of para-hydroxylation sites is 1. The standard InChI is InChI=1S/C16H16F3NO2/c17-16(18,19)15(10-5-6-10)22-14(21)8-7-11-9-20-13-4-2-1-3-12(11)13/h1-4,9-10,15,20H,5-8H2. The van der Waals surface area contributed by atoms with E-state index in [2.05, 4.69) is 9.72 Å². The Bertz CT molecular complexity index is 673. The van der Waals surface area contributed by atoms with Crippen molar-refractivity contribution in [1.29, 1.82) is 0 Å². The number of aromatic nitrogens is 1. The van der Waals surface area contributed by atoms with Crippen molar-refractivity contribution in [1.82, 2.24) is 4.98 Å². The van der Waals surface area contributed by atoms with Crippen LogP contribution in [0.15, 0.2) is 30.5 Å². The van der Waals surface area contributed by atoms with Gasteiger partial charge in [-0.3, -0.25) is 4.79 Å². The molecular weight excluding hydrogens is 295 g/mol. The molecule has 1 N–H and O–H groups in total. The SMILES string of the molecule is O=C(CCc1c[nH]c2ccccc12)OC(C1CC1)C(F)(F)F. The molecule has 1 aliphatic rings. The van der Waals surface area contributed by atoms with Crippen LogP contribution in [0.4, 0.5) is 13.2 Å². The van der Waals surface area contributed by atoms with Gasteiger partial charge < -0.3 is 9.72 Å². The molecule has 0 bridgehead atoms. The van der Waals surface area contributed by atoms with E-state index in [0.717, 1.165) is 16.5 Å². The third kappa shape index (κ3) is 3.26. The predicted molar refractivity (Wildman–Crippen MR) is 75.3 cm³/mol. The number of rotatable bonds is 5. The summed E-state index contributed by atoms with van der Waals surface area (Å²) in [4.78, 5) is 14.8. The van der Waals surface area contributed by atoms with Gasteiger partial charge in [-0.2, -0.15) is 13.2 Å². The van der Waals surface area contributed by atoms with E-state index in [4.69, 9.17) is 0 Å². The van der Waals surface area contributed by atoms with Crippen LogP contribution >= 0.6 is 0 Å². The third-order valence-electron chi connectivity index (χ3n) is 3.90. The second-order valence-corrected chi connectivity index (χ2v) is 5.65. The maximum Gasteiger partial charge on any atom is 0.425 e. The van der Waals surface area contributed by atoms with Crippen molar-refractivity contribution in [3.05, 3.63) is 36.0 Å². The molecule has 1 aliphatic carbocycles. The number of benzene rings is 1. The second-order valence-electron chi connectivity index (χ2n) is 5.65. The molecule has 22 heavy (non-hydrogen) atoms. The first kappa shape index (κ1) is 14.9. The molecule has 0 spiro atoms. The smallest absolute Gasteiger partial charge is 0.425 e. The number of fused-ring (bicyclic) bond motifs is 1. The van der Waals surface area contributed by atoms with Gasteiger partial charge in [-0.25, -0.2) is 0 Å². The van der Waals surface area contributed by atoms with Crippen molar-refractivity contribution in [3.8, 4) is 0 Å². The van der Waals surface area contributed by atoms with E-state index in [1.807, 2.05) is 24.3 Å². The van der Waals surface area contributed by atoms with Gasteiger partial charge >= 0.3 is 12.1 Å². The van der Waals surface area contributed by atoms with Gasteiger partial charge in [-0.15, -0.1) is 0 Å². The van der Waals surface area contributed by atoms with Crippen molar-refractivity contribution in [3.63, 3.8) is 0 Å². The van der Waals surface area contributed by atoms with Gasteiger partial charge in [0.15, 0.2) is 6.10 Å². The summed E-state index contributed by atoms with van der Waals surface area (Å²) in [7, 11) is 0. The summed E-state index contributed by atoms with van der Waals surface area (Å²) in [5.41, 5.74) is 1.85. The number of halogens is 3. The number of aromatic amines is 1. The molecule has 1 aromatic heterocycles. The Balaban J connectivity index is 1.60. The molecule has 0 radical (unpaired) electrons.